The Morgan fingerprint density at radius 3 is 1.05 bits per heavy atom. The topological polar surface area (TPSA) is 234 Å². The van der Waals surface area contributed by atoms with Crippen LogP contribution in [0.1, 0.15) is 22.3 Å². The van der Waals surface area contributed by atoms with Crippen LogP contribution in [0, 0.1) is 114 Å². The number of anilines is 2. The molecule has 354 valence electrons. The van der Waals surface area contributed by atoms with Crippen LogP contribution < -0.4 is 19.3 Å². The number of rotatable bonds is 13. The van der Waals surface area contributed by atoms with Crippen LogP contribution in [0.3, 0.4) is 0 Å². The third-order valence-electron chi connectivity index (χ3n) is 11.3. The summed E-state index contributed by atoms with van der Waals surface area (Å²) in [5.41, 5.74) is 1.57. The summed E-state index contributed by atoms with van der Waals surface area (Å²) in [6, 6.07) is 47.2. The Kier molecular flexibility index (Phi) is 17.3. The lowest BCUT2D eigenvalue weighted by Gasteiger charge is -2.21. The lowest BCUT2D eigenvalue weighted by Crippen LogP contribution is -2.08. The zero-order valence-corrected chi connectivity index (χ0v) is 40.9. The van der Waals surface area contributed by atoms with Gasteiger partial charge in [0, 0.05) is 76.1 Å². The maximum atomic E-state index is 10.3. The Balaban J connectivity index is 1.77. The second-order valence-corrected chi connectivity index (χ2v) is 16.1. The molecule has 0 aliphatic rings. The van der Waals surface area contributed by atoms with Gasteiger partial charge in [0.2, 0.25) is 0 Å². The van der Waals surface area contributed by atoms with E-state index >= 15 is 0 Å². The lowest BCUT2D eigenvalue weighted by atomic mass is 9.87. The molecule has 14 heteroatoms. The number of nitriles is 8. The maximum absolute atomic E-state index is 10.3. The van der Waals surface area contributed by atoms with Gasteiger partial charge in [-0.25, -0.2) is 0 Å². The van der Waals surface area contributed by atoms with Crippen molar-refractivity contribution in [3.63, 3.8) is 0 Å². The molecule has 0 fully saturated rings. The van der Waals surface area contributed by atoms with Crippen LogP contribution >= 0.6 is 0 Å². The first-order valence-electron chi connectivity index (χ1n) is 22.1. The molecule has 0 aliphatic heterocycles. The van der Waals surface area contributed by atoms with Crippen molar-refractivity contribution in [2.45, 2.75) is 0 Å². The van der Waals surface area contributed by atoms with E-state index < -0.39 is 11.1 Å². The quantitative estimate of drug-likeness (QED) is 0.0453. The van der Waals surface area contributed by atoms with Gasteiger partial charge in [0.15, 0.2) is 13.6 Å². The monoisotopic (exact) mass is 964 g/mol. The molecule has 0 amide bonds. The van der Waals surface area contributed by atoms with Gasteiger partial charge in [-0.05, 0) is 69.1 Å². The van der Waals surface area contributed by atoms with Crippen LogP contribution in [-0.2, 0) is 9.47 Å². The summed E-state index contributed by atoms with van der Waals surface area (Å²) in [6.07, 6.45) is 0. The van der Waals surface area contributed by atoms with Gasteiger partial charge in [-0.1, -0.05) is 96.5 Å². The van der Waals surface area contributed by atoms with Gasteiger partial charge in [-0.15, -0.1) is 0 Å². The second-order valence-electron chi connectivity index (χ2n) is 16.1. The van der Waals surface area contributed by atoms with Crippen LogP contribution in [0.15, 0.2) is 143 Å². The Morgan fingerprint density at radius 2 is 0.757 bits per heavy atom. The van der Waals surface area contributed by atoms with Crippen molar-refractivity contribution in [1.29, 1.82) is 42.1 Å². The first-order chi connectivity index (χ1) is 36.0. The van der Waals surface area contributed by atoms with Gasteiger partial charge in [-0.3, -0.25) is 0 Å². The molecule has 0 aliphatic carbocycles. The van der Waals surface area contributed by atoms with E-state index in [0.29, 0.717) is 43.8 Å². The van der Waals surface area contributed by atoms with E-state index in [2.05, 4.69) is 23.7 Å². The largest absolute Gasteiger partial charge is 0.466 e. The number of ether oxygens (including phenoxy) is 4. The average Bonchev–Trinajstić information content (AvgIpc) is 3.42. The number of fused-ring (bicyclic) bond motifs is 2. The summed E-state index contributed by atoms with van der Waals surface area (Å²) in [5, 5.41) is 84.9. The van der Waals surface area contributed by atoms with Crippen molar-refractivity contribution in [3.8, 4) is 94.9 Å². The minimum Gasteiger partial charge on any atom is -0.466 e. The molecule has 0 bridgehead atoms. The predicted molar refractivity (Wildman–Crippen MR) is 280 cm³/mol. The first kappa shape index (κ1) is 52.3. The highest BCUT2D eigenvalue weighted by Gasteiger charge is 2.26. The molecule has 0 N–H and O–H groups in total. The van der Waals surface area contributed by atoms with Crippen molar-refractivity contribution < 1.29 is 18.9 Å². The molecule has 0 atom stereocenters. The van der Waals surface area contributed by atoms with Gasteiger partial charge in [0.1, 0.15) is 82.3 Å². The molecule has 0 radical (unpaired) electrons. The highest BCUT2D eigenvalue weighted by Crippen LogP contribution is 2.49. The van der Waals surface area contributed by atoms with Gasteiger partial charge in [0.05, 0.1) is 22.3 Å². The fraction of sp³-hybridized carbons (Fsp3) is 0.133. The minimum absolute atomic E-state index is 0.0246. The first-order valence-corrected chi connectivity index (χ1v) is 22.1. The van der Waals surface area contributed by atoms with Crippen LogP contribution in [0.2, 0.25) is 0 Å². The molecule has 0 saturated heterocycles. The van der Waals surface area contributed by atoms with Gasteiger partial charge in [-0.2, -0.15) is 42.1 Å². The maximum Gasteiger partial charge on any atom is 0.188 e. The Hall–Kier alpha value is -11.0. The Morgan fingerprint density at radius 1 is 0.432 bits per heavy atom. The Bertz CT molecular complexity index is 3540. The number of nitrogens with zero attached hydrogens (tertiary/aromatic N) is 10. The molecular weight excluding hydrogens is 925 g/mol. The van der Waals surface area contributed by atoms with Crippen LogP contribution in [-0.4, -0.2) is 56.0 Å². The van der Waals surface area contributed by atoms with Crippen molar-refractivity contribution in [1.82, 2.24) is 0 Å². The highest BCUT2D eigenvalue weighted by atomic mass is 16.7. The zero-order chi connectivity index (χ0) is 53.3. The summed E-state index contributed by atoms with van der Waals surface area (Å²) in [4.78, 5) is 3.72. The molecular formula is C60H40N10O4. The molecule has 0 spiro atoms. The summed E-state index contributed by atoms with van der Waals surface area (Å²) < 4.78 is 23.9. The van der Waals surface area contributed by atoms with E-state index in [1.54, 1.807) is 60.7 Å². The van der Waals surface area contributed by atoms with Crippen molar-refractivity contribution in [2.75, 3.05) is 65.8 Å². The third kappa shape index (κ3) is 11.0. The number of methoxy groups -OCH3 is 2. The standard InChI is InChI=1S/C60H40N10O4/c1-69(2)49-21-15-39(16-22-49)55(47(33-65)34-66)53(45(29-61)30-62)25-19-43-27-41-11-7-9-13-51(41)57(59(43)73-37-71-5)58-52-14-10-8-12-42(52)28-44(60(58)74-38-72-6)20-26-54(46(31-63)32-64)56(48(35-67)36-68)40-17-23-50(24-18-40)70(3)4/h7-18,21-24,27-28H,37-38H2,1-6H3. The molecule has 6 aromatic rings. The molecule has 14 nitrogen and oxygen atoms in total. The van der Waals surface area contributed by atoms with Crippen molar-refractivity contribution in [3.05, 3.63) is 165 Å². The molecule has 0 unspecified atom stereocenters. The fourth-order valence-corrected chi connectivity index (χ4v) is 7.86. The highest BCUT2D eigenvalue weighted by molar-refractivity contribution is 6.12. The Labute approximate surface area is 429 Å². The van der Waals surface area contributed by atoms with E-state index in [4.69, 9.17) is 18.9 Å². The van der Waals surface area contributed by atoms with Gasteiger partial charge >= 0.3 is 0 Å². The van der Waals surface area contributed by atoms with Crippen molar-refractivity contribution >= 4 is 44.1 Å². The summed E-state index contributed by atoms with van der Waals surface area (Å²) in [7, 11) is 10.3. The van der Waals surface area contributed by atoms with Crippen molar-refractivity contribution in [2.24, 2.45) is 0 Å². The SMILES string of the molecule is COCOc1c(C#CC(=C(C#N)C#N)C(=C(C#N)C#N)c2ccc(N(C)C)cc2)cc2ccccc2c1-c1c(OCOC)c(C#CC(=C(C#N)C#N)C(=C(C#N)C#N)c2ccc(N(C)C)cc2)cc2ccccc12. The zero-order valence-electron chi connectivity index (χ0n) is 40.9. The van der Waals surface area contributed by atoms with Gasteiger partial charge in [0.25, 0.3) is 0 Å². The van der Waals surface area contributed by atoms with Gasteiger partial charge < -0.3 is 28.7 Å². The van der Waals surface area contributed by atoms with Crippen LogP contribution in [0.25, 0.3) is 43.8 Å². The summed E-state index contributed by atoms with van der Waals surface area (Å²) in [5.74, 6) is 12.6. The van der Waals surface area contributed by atoms with E-state index in [-0.39, 0.29) is 69.7 Å². The third-order valence-corrected chi connectivity index (χ3v) is 11.3. The number of hydrogen-bond acceptors (Lipinski definition) is 14. The normalized spacial score (nSPS) is 9.65. The molecule has 74 heavy (non-hydrogen) atoms. The molecule has 6 rings (SSSR count). The second kappa shape index (κ2) is 24.5. The molecule has 6 aromatic carbocycles. The van der Waals surface area contributed by atoms with E-state index in [0.717, 1.165) is 11.4 Å². The average molecular weight is 965 g/mol. The van der Waals surface area contributed by atoms with E-state index in [9.17, 15) is 42.1 Å². The lowest BCUT2D eigenvalue weighted by molar-refractivity contribution is 0.0500. The summed E-state index contributed by atoms with van der Waals surface area (Å²) in [6.45, 7) is -0.590. The van der Waals surface area contributed by atoms with E-state index in [1.807, 2.05) is 135 Å². The van der Waals surface area contributed by atoms with Crippen LogP contribution in [0.5, 0.6) is 11.5 Å². The predicted octanol–water partition coefficient (Wildman–Crippen LogP) is 10.1. The summed E-state index contributed by atoms with van der Waals surface area (Å²) >= 11 is 0. The molecule has 0 aromatic heterocycles. The minimum atomic E-state index is -0.454. The van der Waals surface area contributed by atoms with E-state index in [1.165, 1.54) is 14.2 Å². The van der Waals surface area contributed by atoms with Crippen LogP contribution in [0.4, 0.5) is 11.4 Å². The molecule has 0 saturated carbocycles. The smallest absolute Gasteiger partial charge is 0.188 e. The fourth-order valence-electron chi connectivity index (χ4n) is 7.86. The number of allylic oxidation sites excluding steroid dienone is 8. The molecule has 0 heterocycles. The number of benzene rings is 6. The number of hydrogen-bond donors (Lipinski definition) is 0.